The maximum Gasteiger partial charge on any atom is 0.317 e. The minimum Gasteiger partial charge on any atom is -0.358 e. The molecule has 2 N–H and O–H groups in total. The number of amides is 2. The zero-order valence-electron chi connectivity index (χ0n) is 9.86. The molecule has 2 aliphatic rings. The second-order valence-corrected chi connectivity index (χ2v) is 4.74. The van der Waals surface area contributed by atoms with Crippen molar-refractivity contribution in [3.8, 4) is 0 Å². The fourth-order valence-electron chi connectivity index (χ4n) is 2.71. The summed E-state index contributed by atoms with van der Waals surface area (Å²) in [6.07, 6.45) is 1.73. The van der Waals surface area contributed by atoms with Gasteiger partial charge in [-0.2, -0.15) is 0 Å². The first-order chi connectivity index (χ1) is 8.74. The summed E-state index contributed by atoms with van der Waals surface area (Å²) >= 11 is 0. The molecule has 3 rings (SSSR count). The van der Waals surface area contributed by atoms with Gasteiger partial charge in [0.15, 0.2) is 0 Å². The first-order valence-corrected chi connectivity index (χ1v) is 6.18. The van der Waals surface area contributed by atoms with Crippen LogP contribution in [0.1, 0.15) is 24.4 Å². The Morgan fingerprint density at radius 3 is 2.78 bits per heavy atom. The maximum atomic E-state index is 12.9. The number of hydrogen-bond acceptors (Lipinski definition) is 2. The Labute approximate surface area is 105 Å². The summed E-state index contributed by atoms with van der Waals surface area (Å²) < 4.78 is 18.5. The summed E-state index contributed by atoms with van der Waals surface area (Å²) in [5.41, 5.74) is 0.923. The number of hydrogen-bond donors (Lipinski definition) is 2. The quantitative estimate of drug-likeness (QED) is 0.800. The molecule has 2 fully saturated rings. The Kier molecular flexibility index (Phi) is 2.91. The number of carbonyl (C=O) groups excluding carboxylic acids is 1. The van der Waals surface area contributed by atoms with E-state index in [2.05, 4.69) is 10.6 Å². The molecule has 2 aliphatic heterocycles. The van der Waals surface area contributed by atoms with Crippen LogP contribution in [0.5, 0.6) is 0 Å². The molecular weight excluding hydrogens is 235 g/mol. The molecule has 96 valence electrons. The lowest BCUT2D eigenvalue weighted by atomic mass is 9.85. The average Bonchev–Trinajstić information content (AvgIpc) is 2.38. The monoisotopic (exact) mass is 250 g/mol. The van der Waals surface area contributed by atoms with Crippen LogP contribution in [0.15, 0.2) is 24.3 Å². The highest BCUT2D eigenvalue weighted by atomic mass is 19.1. The predicted molar refractivity (Wildman–Crippen MR) is 63.3 cm³/mol. The Balaban J connectivity index is 1.88. The van der Waals surface area contributed by atoms with E-state index in [4.69, 9.17) is 4.74 Å². The second-order valence-electron chi connectivity index (χ2n) is 4.74. The van der Waals surface area contributed by atoms with E-state index in [0.29, 0.717) is 6.61 Å². The number of rotatable bonds is 1. The topological polar surface area (TPSA) is 50.4 Å². The van der Waals surface area contributed by atoms with Crippen LogP contribution in [-0.2, 0) is 4.74 Å². The minimum atomic E-state index is -0.268. The molecule has 18 heavy (non-hydrogen) atoms. The van der Waals surface area contributed by atoms with Crippen molar-refractivity contribution >= 4 is 6.03 Å². The van der Waals surface area contributed by atoms with Crippen LogP contribution in [0, 0.1) is 11.7 Å². The lowest BCUT2D eigenvalue weighted by molar-refractivity contribution is -0.0602. The van der Waals surface area contributed by atoms with E-state index in [0.717, 1.165) is 18.4 Å². The van der Waals surface area contributed by atoms with Crippen molar-refractivity contribution in [1.82, 2.24) is 10.6 Å². The molecule has 0 spiro atoms. The smallest absolute Gasteiger partial charge is 0.317 e. The first-order valence-electron chi connectivity index (χ1n) is 6.18. The van der Waals surface area contributed by atoms with Gasteiger partial charge >= 0.3 is 6.03 Å². The highest BCUT2D eigenvalue weighted by Crippen LogP contribution is 2.34. The van der Waals surface area contributed by atoms with Crippen LogP contribution in [0.25, 0.3) is 0 Å². The van der Waals surface area contributed by atoms with Crippen molar-refractivity contribution in [1.29, 1.82) is 0 Å². The van der Waals surface area contributed by atoms with Crippen molar-refractivity contribution < 1.29 is 13.9 Å². The van der Waals surface area contributed by atoms with Crippen molar-refractivity contribution in [3.63, 3.8) is 0 Å². The molecular formula is C13H15FN2O2. The summed E-state index contributed by atoms with van der Waals surface area (Å²) in [6, 6.07) is 5.94. The van der Waals surface area contributed by atoms with Crippen LogP contribution in [-0.4, -0.2) is 18.9 Å². The summed E-state index contributed by atoms with van der Waals surface area (Å²) in [4.78, 5) is 11.6. The maximum absolute atomic E-state index is 12.9. The van der Waals surface area contributed by atoms with Gasteiger partial charge in [-0.3, -0.25) is 0 Å². The molecule has 0 radical (unpaired) electrons. The van der Waals surface area contributed by atoms with Gasteiger partial charge in [0.25, 0.3) is 0 Å². The highest BCUT2D eigenvalue weighted by molar-refractivity contribution is 5.75. The number of urea groups is 1. The fourth-order valence-corrected chi connectivity index (χ4v) is 2.71. The lowest BCUT2D eigenvalue weighted by Gasteiger charge is -2.41. The van der Waals surface area contributed by atoms with Gasteiger partial charge in [0.2, 0.25) is 0 Å². The van der Waals surface area contributed by atoms with Crippen molar-refractivity contribution in [2.75, 3.05) is 6.61 Å². The SMILES string of the molecule is O=C1N[C@H]2OCCC[C@H]2[C@H](c2ccc(F)cc2)N1. The van der Waals surface area contributed by atoms with E-state index in [-0.39, 0.29) is 30.0 Å². The van der Waals surface area contributed by atoms with Crippen LogP contribution >= 0.6 is 0 Å². The molecule has 2 amide bonds. The van der Waals surface area contributed by atoms with E-state index < -0.39 is 0 Å². The molecule has 1 aromatic carbocycles. The van der Waals surface area contributed by atoms with Crippen LogP contribution in [0.2, 0.25) is 0 Å². The first kappa shape index (κ1) is 11.5. The number of nitrogens with one attached hydrogen (secondary N) is 2. The van der Waals surface area contributed by atoms with E-state index >= 15 is 0 Å². The third-order valence-electron chi connectivity index (χ3n) is 3.59. The molecule has 0 saturated carbocycles. The molecule has 0 aromatic heterocycles. The Morgan fingerprint density at radius 2 is 2.00 bits per heavy atom. The highest BCUT2D eigenvalue weighted by Gasteiger charge is 2.39. The molecule has 0 bridgehead atoms. The molecule has 1 aromatic rings. The normalized spacial score (nSPS) is 31.2. The standard InChI is InChI=1S/C13H15FN2O2/c14-9-5-3-8(4-6-9)11-10-2-1-7-18-12(10)16-13(17)15-11/h3-6,10-12H,1-2,7H2,(H2,15,16,17)/t10-,11-,12-/m0/s1. The molecule has 4 nitrogen and oxygen atoms in total. The fraction of sp³-hybridized carbons (Fsp3) is 0.462. The predicted octanol–water partition coefficient (Wildman–Crippen LogP) is 1.93. The van der Waals surface area contributed by atoms with Gasteiger partial charge in [-0.25, -0.2) is 9.18 Å². The van der Waals surface area contributed by atoms with Gasteiger partial charge in [-0.15, -0.1) is 0 Å². The van der Waals surface area contributed by atoms with Crippen LogP contribution in [0.3, 0.4) is 0 Å². The summed E-state index contributed by atoms with van der Waals surface area (Å²) in [7, 11) is 0. The molecule has 3 atom stereocenters. The van der Waals surface area contributed by atoms with Crippen molar-refractivity contribution in [2.45, 2.75) is 25.1 Å². The summed E-state index contributed by atoms with van der Waals surface area (Å²) in [5.74, 6) is -0.0719. The second kappa shape index (κ2) is 4.57. The third kappa shape index (κ3) is 2.06. The number of carbonyl (C=O) groups is 1. The van der Waals surface area contributed by atoms with Gasteiger partial charge in [0, 0.05) is 12.5 Å². The number of halogens is 1. The Morgan fingerprint density at radius 1 is 1.22 bits per heavy atom. The molecule has 2 saturated heterocycles. The van der Waals surface area contributed by atoms with Gasteiger partial charge < -0.3 is 15.4 Å². The zero-order valence-corrected chi connectivity index (χ0v) is 9.86. The summed E-state index contributed by atoms with van der Waals surface area (Å²) in [6.45, 7) is 0.678. The van der Waals surface area contributed by atoms with E-state index in [1.54, 1.807) is 12.1 Å². The lowest BCUT2D eigenvalue weighted by Crippen LogP contribution is -2.58. The Hall–Kier alpha value is -1.62. The summed E-state index contributed by atoms with van der Waals surface area (Å²) in [5, 5.41) is 5.68. The average molecular weight is 250 g/mol. The number of benzene rings is 1. The Bertz CT molecular complexity index is 449. The van der Waals surface area contributed by atoms with Crippen LogP contribution in [0.4, 0.5) is 9.18 Å². The van der Waals surface area contributed by atoms with E-state index in [1.165, 1.54) is 12.1 Å². The van der Waals surface area contributed by atoms with Crippen molar-refractivity contribution in [3.05, 3.63) is 35.6 Å². The largest absolute Gasteiger partial charge is 0.358 e. The molecule has 0 aliphatic carbocycles. The zero-order chi connectivity index (χ0) is 12.5. The molecule has 2 heterocycles. The van der Waals surface area contributed by atoms with Crippen molar-refractivity contribution in [2.24, 2.45) is 5.92 Å². The molecule has 0 unspecified atom stereocenters. The van der Waals surface area contributed by atoms with Gasteiger partial charge in [0.05, 0.1) is 6.04 Å². The van der Waals surface area contributed by atoms with E-state index in [9.17, 15) is 9.18 Å². The van der Waals surface area contributed by atoms with Gasteiger partial charge in [0.1, 0.15) is 12.0 Å². The van der Waals surface area contributed by atoms with Gasteiger partial charge in [-0.1, -0.05) is 12.1 Å². The minimum absolute atomic E-state index is 0.107. The third-order valence-corrected chi connectivity index (χ3v) is 3.59. The van der Waals surface area contributed by atoms with Crippen LogP contribution < -0.4 is 10.6 Å². The number of ether oxygens (including phenoxy) is 1. The van der Waals surface area contributed by atoms with E-state index in [1.807, 2.05) is 0 Å². The number of fused-ring (bicyclic) bond motifs is 1. The molecule has 5 heteroatoms. The van der Waals surface area contributed by atoms with Gasteiger partial charge in [-0.05, 0) is 30.5 Å².